The van der Waals surface area contributed by atoms with Crippen LogP contribution in [-0.4, -0.2) is 35.1 Å². The van der Waals surface area contributed by atoms with Crippen molar-refractivity contribution >= 4 is 11.3 Å². The molecule has 2 heterocycles. The summed E-state index contributed by atoms with van der Waals surface area (Å²) in [6.45, 7) is 13.5. The maximum Gasteiger partial charge on any atom is 0.110 e. The zero-order valence-electron chi connectivity index (χ0n) is 12.1. The number of aromatic nitrogens is 1. The van der Waals surface area contributed by atoms with E-state index in [0.717, 1.165) is 18.8 Å². The fourth-order valence-electron chi connectivity index (χ4n) is 2.60. The van der Waals surface area contributed by atoms with Crippen LogP contribution in [0.25, 0.3) is 0 Å². The van der Waals surface area contributed by atoms with Gasteiger partial charge in [0, 0.05) is 36.2 Å². The van der Waals surface area contributed by atoms with Gasteiger partial charge in [0.25, 0.3) is 0 Å². The third kappa shape index (κ3) is 2.92. The van der Waals surface area contributed by atoms with Crippen molar-refractivity contribution in [3.63, 3.8) is 0 Å². The van der Waals surface area contributed by atoms with E-state index in [1.165, 1.54) is 5.01 Å². The number of piperazine rings is 1. The van der Waals surface area contributed by atoms with Crippen molar-refractivity contribution in [3.05, 3.63) is 16.1 Å². The molecule has 1 aliphatic rings. The highest BCUT2D eigenvalue weighted by Crippen LogP contribution is 2.27. The van der Waals surface area contributed by atoms with Crippen LogP contribution in [0.3, 0.4) is 0 Å². The molecule has 0 radical (unpaired) electrons. The van der Waals surface area contributed by atoms with Crippen LogP contribution < -0.4 is 5.32 Å². The van der Waals surface area contributed by atoms with Crippen LogP contribution >= 0.6 is 11.3 Å². The minimum atomic E-state index is 0.432. The van der Waals surface area contributed by atoms with Gasteiger partial charge < -0.3 is 5.32 Å². The smallest absolute Gasteiger partial charge is 0.110 e. The maximum atomic E-state index is 4.65. The van der Waals surface area contributed by atoms with Crippen LogP contribution in [0.1, 0.15) is 44.4 Å². The standard InChI is InChI=1S/C14H25N3S/c1-9(2)13-7-17(11(4)6-15-13)12(5)14-16-10(3)8-18-14/h8-9,11-13,15H,6-7H2,1-5H3. The molecule has 2 rings (SSSR count). The van der Waals surface area contributed by atoms with E-state index in [4.69, 9.17) is 0 Å². The number of aryl methyl sites for hydroxylation is 1. The lowest BCUT2D eigenvalue weighted by molar-refractivity contribution is 0.0850. The molecule has 3 atom stereocenters. The Morgan fingerprint density at radius 2 is 2.17 bits per heavy atom. The molecule has 3 unspecified atom stereocenters. The van der Waals surface area contributed by atoms with Gasteiger partial charge in [0.15, 0.2) is 0 Å². The number of thiazole rings is 1. The van der Waals surface area contributed by atoms with Crippen molar-refractivity contribution in [1.29, 1.82) is 0 Å². The number of nitrogens with one attached hydrogen (secondary N) is 1. The summed E-state index contributed by atoms with van der Waals surface area (Å²) in [5.41, 5.74) is 1.14. The Morgan fingerprint density at radius 3 is 2.72 bits per heavy atom. The van der Waals surface area contributed by atoms with Crippen LogP contribution in [0, 0.1) is 12.8 Å². The molecule has 102 valence electrons. The summed E-state index contributed by atoms with van der Waals surface area (Å²) in [6, 6.07) is 1.62. The van der Waals surface area contributed by atoms with Gasteiger partial charge in [-0.05, 0) is 26.7 Å². The van der Waals surface area contributed by atoms with Crippen LogP contribution in [0.4, 0.5) is 0 Å². The van der Waals surface area contributed by atoms with Gasteiger partial charge in [-0.2, -0.15) is 0 Å². The van der Waals surface area contributed by atoms with Gasteiger partial charge >= 0.3 is 0 Å². The van der Waals surface area contributed by atoms with Crippen molar-refractivity contribution < 1.29 is 0 Å². The van der Waals surface area contributed by atoms with Gasteiger partial charge in [-0.15, -0.1) is 11.3 Å². The molecule has 0 amide bonds. The van der Waals surface area contributed by atoms with Crippen LogP contribution in [0.5, 0.6) is 0 Å². The topological polar surface area (TPSA) is 28.2 Å². The zero-order chi connectivity index (χ0) is 13.3. The van der Waals surface area contributed by atoms with Gasteiger partial charge in [-0.25, -0.2) is 4.98 Å². The molecular formula is C14H25N3S. The van der Waals surface area contributed by atoms with Crippen molar-refractivity contribution in [2.75, 3.05) is 13.1 Å². The predicted molar refractivity (Wildman–Crippen MR) is 78.1 cm³/mol. The molecule has 1 aliphatic heterocycles. The summed E-state index contributed by atoms with van der Waals surface area (Å²) in [5, 5.41) is 7.06. The fraction of sp³-hybridized carbons (Fsp3) is 0.786. The summed E-state index contributed by atoms with van der Waals surface area (Å²) in [4.78, 5) is 7.24. The van der Waals surface area contributed by atoms with Gasteiger partial charge in [0.05, 0.1) is 6.04 Å². The first-order chi connectivity index (χ1) is 8.49. The summed E-state index contributed by atoms with van der Waals surface area (Å²) in [6.07, 6.45) is 0. The van der Waals surface area contributed by atoms with Gasteiger partial charge in [0.1, 0.15) is 5.01 Å². The maximum absolute atomic E-state index is 4.65. The highest BCUT2D eigenvalue weighted by molar-refractivity contribution is 7.09. The lowest BCUT2D eigenvalue weighted by atomic mass is 9.98. The summed E-state index contributed by atoms with van der Waals surface area (Å²) < 4.78 is 0. The minimum absolute atomic E-state index is 0.432. The Bertz CT molecular complexity index is 388. The van der Waals surface area contributed by atoms with E-state index < -0.39 is 0 Å². The Morgan fingerprint density at radius 1 is 1.44 bits per heavy atom. The van der Waals surface area contributed by atoms with Gasteiger partial charge in [-0.3, -0.25) is 4.90 Å². The molecule has 1 saturated heterocycles. The predicted octanol–water partition coefficient (Wildman–Crippen LogP) is 2.83. The fourth-order valence-corrected chi connectivity index (χ4v) is 3.48. The van der Waals surface area contributed by atoms with E-state index >= 15 is 0 Å². The minimum Gasteiger partial charge on any atom is -0.311 e. The molecule has 0 aliphatic carbocycles. The average molecular weight is 267 g/mol. The van der Waals surface area contributed by atoms with Gasteiger partial charge in [-0.1, -0.05) is 13.8 Å². The largest absolute Gasteiger partial charge is 0.311 e. The first kappa shape index (κ1) is 14.0. The third-order valence-electron chi connectivity index (χ3n) is 3.95. The van der Waals surface area contributed by atoms with E-state index in [9.17, 15) is 0 Å². The normalized spacial score (nSPS) is 27.7. The average Bonchev–Trinajstić information content (AvgIpc) is 2.75. The van der Waals surface area contributed by atoms with Crippen molar-refractivity contribution in [2.24, 2.45) is 5.92 Å². The Balaban J connectivity index is 2.10. The van der Waals surface area contributed by atoms with E-state index in [2.05, 4.69) is 55.2 Å². The van der Waals surface area contributed by atoms with Crippen LogP contribution in [-0.2, 0) is 0 Å². The molecule has 0 spiro atoms. The second-order valence-electron chi connectivity index (χ2n) is 5.81. The van der Waals surface area contributed by atoms with Crippen molar-refractivity contribution in [3.8, 4) is 0 Å². The molecule has 3 nitrogen and oxygen atoms in total. The lowest BCUT2D eigenvalue weighted by Crippen LogP contribution is -2.57. The summed E-state index contributed by atoms with van der Waals surface area (Å²) in [5.74, 6) is 0.685. The second kappa shape index (κ2) is 5.68. The van der Waals surface area contributed by atoms with Crippen molar-refractivity contribution in [1.82, 2.24) is 15.2 Å². The highest BCUT2D eigenvalue weighted by atomic mass is 32.1. The molecule has 1 N–H and O–H groups in total. The SMILES string of the molecule is Cc1csc(C(C)N2CC(C(C)C)NCC2C)n1. The van der Waals surface area contributed by atoms with Crippen LogP contribution in [0.15, 0.2) is 5.38 Å². The first-order valence-corrected chi connectivity index (χ1v) is 7.78. The quantitative estimate of drug-likeness (QED) is 0.913. The zero-order valence-corrected chi connectivity index (χ0v) is 12.9. The Hall–Kier alpha value is -0.450. The molecular weight excluding hydrogens is 242 g/mol. The number of rotatable bonds is 3. The van der Waals surface area contributed by atoms with E-state index in [-0.39, 0.29) is 0 Å². The molecule has 0 bridgehead atoms. The second-order valence-corrected chi connectivity index (χ2v) is 6.70. The number of hydrogen-bond donors (Lipinski definition) is 1. The lowest BCUT2D eigenvalue weighted by Gasteiger charge is -2.43. The highest BCUT2D eigenvalue weighted by Gasteiger charge is 2.31. The monoisotopic (exact) mass is 267 g/mol. The summed E-state index contributed by atoms with van der Waals surface area (Å²) >= 11 is 1.79. The molecule has 0 saturated carbocycles. The molecule has 0 aromatic carbocycles. The third-order valence-corrected chi connectivity index (χ3v) is 5.08. The molecule has 1 fully saturated rings. The van der Waals surface area contributed by atoms with E-state index in [0.29, 0.717) is 24.0 Å². The Labute approximate surface area is 115 Å². The first-order valence-electron chi connectivity index (χ1n) is 6.90. The van der Waals surface area contributed by atoms with Crippen LogP contribution in [0.2, 0.25) is 0 Å². The van der Waals surface area contributed by atoms with Crippen molar-refractivity contribution in [2.45, 2.75) is 52.7 Å². The van der Waals surface area contributed by atoms with E-state index in [1.807, 2.05) is 0 Å². The number of nitrogens with zero attached hydrogens (tertiary/aromatic N) is 2. The Kier molecular flexibility index (Phi) is 4.41. The molecule has 1 aromatic heterocycles. The molecule has 4 heteroatoms. The number of hydrogen-bond acceptors (Lipinski definition) is 4. The molecule has 18 heavy (non-hydrogen) atoms. The molecule has 1 aromatic rings. The summed E-state index contributed by atoms with van der Waals surface area (Å²) in [7, 11) is 0. The van der Waals surface area contributed by atoms with E-state index in [1.54, 1.807) is 11.3 Å². The van der Waals surface area contributed by atoms with Gasteiger partial charge in [0.2, 0.25) is 0 Å².